The van der Waals surface area contributed by atoms with Crippen LogP contribution in [0.15, 0.2) is 24.3 Å². The van der Waals surface area contributed by atoms with Crippen LogP contribution in [0.2, 0.25) is 0 Å². The molecule has 0 aromatic heterocycles. The van der Waals surface area contributed by atoms with Crippen molar-refractivity contribution < 1.29 is 13.5 Å². The molecule has 0 unspecified atom stereocenters. The van der Waals surface area contributed by atoms with E-state index in [9.17, 15) is 13.5 Å². The van der Waals surface area contributed by atoms with E-state index in [4.69, 9.17) is 0 Å². The molecular formula is C11H15NO3S. The van der Waals surface area contributed by atoms with Gasteiger partial charge in [0, 0.05) is 5.69 Å². The van der Waals surface area contributed by atoms with Gasteiger partial charge in [0.1, 0.15) is 0 Å². The molecule has 0 saturated carbocycles. The molecule has 0 aliphatic carbocycles. The smallest absolute Gasteiger partial charge is 0.155 e. The van der Waals surface area contributed by atoms with Crippen molar-refractivity contribution in [2.24, 2.45) is 0 Å². The van der Waals surface area contributed by atoms with Gasteiger partial charge in [-0.1, -0.05) is 17.7 Å². The van der Waals surface area contributed by atoms with Crippen molar-refractivity contribution in [3.8, 4) is 0 Å². The number of aliphatic hydroxyl groups excluding tert-OH is 1. The predicted octanol–water partition coefficient (Wildman–Crippen LogP) is 0.565. The van der Waals surface area contributed by atoms with Crippen molar-refractivity contribution in [1.29, 1.82) is 0 Å². The molecule has 1 aromatic rings. The van der Waals surface area contributed by atoms with Crippen LogP contribution in [0.3, 0.4) is 0 Å². The summed E-state index contributed by atoms with van der Waals surface area (Å²) in [6.07, 6.45) is -0.814. The van der Waals surface area contributed by atoms with Crippen LogP contribution in [0.1, 0.15) is 5.56 Å². The molecule has 2 N–H and O–H groups in total. The van der Waals surface area contributed by atoms with Crippen LogP contribution in [0.25, 0.3) is 0 Å². The van der Waals surface area contributed by atoms with E-state index in [0.29, 0.717) is 0 Å². The van der Waals surface area contributed by atoms with Gasteiger partial charge in [-0.2, -0.15) is 0 Å². The fraction of sp³-hybridized carbons (Fsp3) is 0.455. The monoisotopic (exact) mass is 241 g/mol. The molecule has 0 amide bonds. The average molecular weight is 241 g/mol. The Morgan fingerprint density at radius 3 is 2.38 bits per heavy atom. The largest absolute Gasteiger partial charge is 0.390 e. The van der Waals surface area contributed by atoms with Crippen molar-refractivity contribution in [3.63, 3.8) is 0 Å². The first-order chi connectivity index (χ1) is 7.46. The molecule has 4 nitrogen and oxygen atoms in total. The van der Waals surface area contributed by atoms with Crippen LogP contribution in [0, 0.1) is 6.92 Å². The Balaban J connectivity index is 2.08. The number of sulfone groups is 1. The van der Waals surface area contributed by atoms with E-state index in [1.807, 2.05) is 31.2 Å². The van der Waals surface area contributed by atoms with Gasteiger partial charge in [0.05, 0.1) is 23.7 Å². The van der Waals surface area contributed by atoms with Crippen LogP contribution in [0.4, 0.5) is 5.69 Å². The van der Waals surface area contributed by atoms with Gasteiger partial charge in [0.2, 0.25) is 0 Å². The Labute approximate surface area is 95.2 Å². The minimum absolute atomic E-state index is 0.00203. The van der Waals surface area contributed by atoms with Crippen LogP contribution < -0.4 is 5.32 Å². The number of rotatable bonds is 2. The first-order valence-electron chi connectivity index (χ1n) is 5.18. The zero-order valence-corrected chi connectivity index (χ0v) is 9.87. The normalized spacial score (nSPS) is 27.9. The third-order valence-corrected chi connectivity index (χ3v) is 4.44. The molecule has 2 atom stereocenters. The standard InChI is InChI=1S/C11H15NO3S/c1-8-2-4-9(5-3-8)12-10-6-16(14,15)7-11(10)13/h2-5,10-13H,6-7H2,1H3/t10-,11+/m0/s1. The van der Waals surface area contributed by atoms with E-state index >= 15 is 0 Å². The molecule has 1 heterocycles. The fourth-order valence-electron chi connectivity index (χ4n) is 1.83. The van der Waals surface area contributed by atoms with Crippen molar-refractivity contribution in [2.45, 2.75) is 19.1 Å². The summed E-state index contributed by atoms with van der Waals surface area (Å²) in [6, 6.07) is 7.25. The second-order valence-corrected chi connectivity index (χ2v) is 6.41. The maximum atomic E-state index is 11.3. The summed E-state index contributed by atoms with van der Waals surface area (Å²) in [4.78, 5) is 0. The van der Waals surface area contributed by atoms with Gasteiger partial charge < -0.3 is 10.4 Å². The second-order valence-electron chi connectivity index (χ2n) is 4.26. The Bertz CT molecular complexity index is 467. The highest BCUT2D eigenvalue weighted by Crippen LogP contribution is 2.18. The Morgan fingerprint density at radius 2 is 1.88 bits per heavy atom. The molecule has 0 radical (unpaired) electrons. The lowest BCUT2D eigenvalue weighted by molar-refractivity contribution is 0.190. The Kier molecular flexibility index (Phi) is 2.90. The van der Waals surface area contributed by atoms with E-state index in [1.165, 1.54) is 0 Å². The highest BCUT2D eigenvalue weighted by Gasteiger charge is 2.36. The molecule has 1 aromatic carbocycles. The summed E-state index contributed by atoms with van der Waals surface area (Å²) in [5.41, 5.74) is 1.98. The summed E-state index contributed by atoms with van der Waals surface area (Å²) in [5, 5.41) is 12.6. The third kappa shape index (κ3) is 2.54. The zero-order valence-electron chi connectivity index (χ0n) is 9.05. The van der Waals surface area contributed by atoms with Gasteiger partial charge >= 0.3 is 0 Å². The van der Waals surface area contributed by atoms with E-state index in [-0.39, 0.29) is 11.5 Å². The van der Waals surface area contributed by atoms with Gasteiger partial charge in [-0.15, -0.1) is 0 Å². The number of aryl methyl sites for hydroxylation is 1. The van der Waals surface area contributed by atoms with Crippen LogP contribution in [0.5, 0.6) is 0 Å². The number of aliphatic hydroxyl groups is 1. The maximum Gasteiger partial charge on any atom is 0.155 e. The van der Waals surface area contributed by atoms with Crippen molar-refractivity contribution in [1.82, 2.24) is 0 Å². The van der Waals surface area contributed by atoms with Gasteiger partial charge in [-0.25, -0.2) is 8.42 Å². The average Bonchev–Trinajstić information content (AvgIpc) is 2.44. The first-order valence-corrected chi connectivity index (χ1v) is 7.00. The molecule has 2 rings (SSSR count). The Hall–Kier alpha value is -1.07. The topological polar surface area (TPSA) is 66.4 Å². The molecular weight excluding hydrogens is 226 g/mol. The minimum Gasteiger partial charge on any atom is -0.390 e. The molecule has 16 heavy (non-hydrogen) atoms. The van der Waals surface area contributed by atoms with Gasteiger partial charge in [-0.05, 0) is 19.1 Å². The molecule has 88 valence electrons. The number of hydrogen-bond donors (Lipinski definition) is 2. The van der Waals surface area contributed by atoms with Crippen molar-refractivity contribution in [3.05, 3.63) is 29.8 Å². The molecule has 0 spiro atoms. The van der Waals surface area contributed by atoms with Gasteiger partial charge in [0.15, 0.2) is 9.84 Å². The highest BCUT2D eigenvalue weighted by molar-refractivity contribution is 7.91. The van der Waals surface area contributed by atoms with E-state index in [2.05, 4.69) is 5.32 Å². The zero-order chi connectivity index (χ0) is 11.8. The molecule has 1 aliphatic heterocycles. The highest BCUT2D eigenvalue weighted by atomic mass is 32.2. The van der Waals surface area contributed by atoms with Crippen molar-refractivity contribution in [2.75, 3.05) is 16.8 Å². The first kappa shape index (κ1) is 11.4. The quantitative estimate of drug-likeness (QED) is 0.794. The second kappa shape index (κ2) is 4.07. The number of benzene rings is 1. The van der Waals surface area contributed by atoms with E-state index in [0.717, 1.165) is 11.3 Å². The lowest BCUT2D eigenvalue weighted by atomic mass is 10.2. The summed E-state index contributed by atoms with van der Waals surface area (Å²) in [5.74, 6) is -0.140. The maximum absolute atomic E-state index is 11.3. The van der Waals surface area contributed by atoms with Crippen LogP contribution >= 0.6 is 0 Å². The van der Waals surface area contributed by atoms with Crippen molar-refractivity contribution >= 4 is 15.5 Å². The fourth-order valence-corrected chi connectivity index (χ4v) is 3.57. The minimum atomic E-state index is -3.09. The van der Waals surface area contributed by atoms with Gasteiger partial charge in [0.25, 0.3) is 0 Å². The molecule has 1 fully saturated rings. The number of anilines is 1. The third-order valence-electron chi connectivity index (χ3n) is 2.73. The lowest BCUT2D eigenvalue weighted by Gasteiger charge is -2.16. The molecule has 5 heteroatoms. The lowest BCUT2D eigenvalue weighted by Crippen LogP contribution is -2.31. The van der Waals surface area contributed by atoms with E-state index in [1.54, 1.807) is 0 Å². The summed E-state index contributed by atoms with van der Waals surface area (Å²) >= 11 is 0. The summed E-state index contributed by atoms with van der Waals surface area (Å²) < 4.78 is 22.6. The number of hydrogen-bond acceptors (Lipinski definition) is 4. The van der Waals surface area contributed by atoms with Crippen LogP contribution in [-0.2, 0) is 9.84 Å². The summed E-state index contributed by atoms with van der Waals surface area (Å²) in [7, 11) is -3.09. The SMILES string of the molecule is Cc1ccc(N[C@H]2CS(=O)(=O)C[C@H]2O)cc1. The molecule has 1 aliphatic rings. The molecule has 1 saturated heterocycles. The molecule has 0 bridgehead atoms. The predicted molar refractivity (Wildman–Crippen MR) is 63.3 cm³/mol. The Morgan fingerprint density at radius 1 is 1.25 bits per heavy atom. The number of nitrogens with one attached hydrogen (secondary N) is 1. The summed E-state index contributed by atoms with van der Waals surface area (Å²) in [6.45, 7) is 1.98. The van der Waals surface area contributed by atoms with Crippen LogP contribution in [-0.4, -0.2) is 37.2 Å². The van der Waals surface area contributed by atoms with Gasteiger partial charge in [-0.3, -0.25) is 0 Å². The van der Waals surface area contributed by atoms with E-state index < -0.39 is 22.0 Å².